The largest absolute Gasteiger partial charge is 0.337 e. The third-order valence-electron chi connectivity index (χ3n) is 2.63. The number of carbonyl (C=O) groups is 1. The molecule has 0 bridgehead atoms. The summed E-state index contributed by atoms with van der Waals surface area (Å²) < 4.78 is 13.2. The molecule has 1 heterocycles. The lowest BCUT2D eigenvalue weighted by Gasteiger charge is -2.24. The Labute approximate surface area is 118 Å². The van der Waals surface area contributed by atoms with Crippen molar-refractivity contribution in [2.45, 2.75) is 13.3 Å². The first-order chi connectivity index (χ1) is 8.95. The molecule has 1 amide bonds. The van der Waals surface area contributed by atoms with Crippen LogP contribution in [0, 0.1) is 5.82 Å². The summed E-state index contributed by atoms with van der Waals surface area (Å²) in [6.07, 6.45) is 1.84. The maximum absolute atomic E-state index is 13.2. The Morgan fingerprint density at radius 3 is 2.63 bits per heavy atom. The van der Waals surface area contributed by atoms with Gasteiger partial charge in [0.15, 0.2) is 0 Å². The van der Waals surface area contributed by atoms with Gasteiger partial charge in [0.2, 0.25) is 0 Å². The van der Waals surface area contributed by atoms with E-state index < -0.39 is 5.82 Å². The molecule has 0 atom stereocenters. The molecule has 0 saturated carbocycles. The fourth-order valence-electron chi connectivity index (χ4n) is 1.65. The Balaban J connectivity index is 2.88. The third kappa shape index (κ3) is 4.76. The molecule has 6 heteroatoms. The molecular formula is C13H19ClFN3O. The van der Waals surface area contributed by atoms with E-state index in [4.69, 9.17) is 11.6 Å². The van der Waals surface area contributed by atoms with Crippen molar-refractivity contribution in [3.8, 4) is 0 Å². The summed E-state index contributed by atoms with van der Waals surface area (Å²) in [6.45, 7) is 3.92. The number of nitrogens with zero attached hydrogens (tertiary/aromatic N) is 3. The van der Waals surface area contributed by atoms with Crippen LogP contribution in [-0.4, -0.2) is 54.4 Å². The van der Waals surface area contributed by atoms with Crippen LogP contribution in [0.2, 0.25) is 5.15 Å². The summed E-state index contributed by atoms with van der Waals surface area (Å²) in [7, 11) is 3.87. The van der Waals surface area contributed by atoms with E-state index in [2.05, 4.69) is 4.98 Å². The number of pyridine rings is 1. The second-order valence-corrected chi connectivity index (χ2v) is 4.95. The molecular weight excluding hydrogens is 269 g/mol. The van der Waals surface area contributed by atoms with E-state index in [1.807, 2.05) is 25.9 Å². The van der Waals surface area contributed by atoms with Crippen LogP contribution in [0.1, 0.15) is 23.7 Å². The highest BCUT2D eigenvalue weighted by Gasteiger charge is 2.19. The third-order valence-corrected chi connectivity index (χ3v) is 2.94. The van der Waals surface area contributed by atoms with Crippen molar-refractivity contribution < 1.29 is 9.18 Å². The van der Waals surface area contributed by atoms with Gasteiger partial charge in [-0.3, -0.25) is 4.79 Å². The zero-order chi connectivity index (χ0) is 14.4. The zero-order valence-corrected chi connectivity index (χ0v) is 12.2. The molecule has 0 saturated heterocycles. The molecule has 106 valence electrons. The minimum absolute atomic E-state index is 0.0392. The van der Waals surface area contributed by atoms with Crippen molar-refractivity contribution in [1.82, 2.24) is 14.8 Å². The number of likely N-dealkylation sites (N-methyl/N-ethyl adjacent to an activating group) is 1. The number of amides is 1. The molecule has 0 aliphatic carbocycles. The van der Waals surface area contributed by atoms with Crippen molar-refractivity contribution in [1.29, 1.82) is 0 Å². The molecule has 0 radical (unpaired) electrons. The topological polar surface area (TPSA) is 36.4 Å². The molecule has 1 aromatic heterocycles. The van der Waals surface area contributed by atoms with Gasteiger partial charge in [-0.15, -0.1) is 0 Å². The van der Waals surface area contributed by atoms with Crippen molar-refractivity contribution in [2.24, 2.45) is 0 Å². The Morgan fingerprint density at radius 1 is 1.37 bits per heavy atom. The van der Waals surface area contributed by atoms with Crippen molar-refractivity contribution >= 4 is 17.5 Å². The van der Waals surface area contributed by atoms with Gasteiger partial charge in [-0.05, 0) is 26.6 Å². The lowest BCUT2D eigenvalue weighted by molar-refractivity contribution is 0.0744. The number of hydrogen-bond acceptors (Lipinski definition) is 3. The van der Waals surface area contributed by atoms with Gasteiger partial charge in [0.25, 0.3) is 5.91 Å². The molecule has 19 heavy (non-hydrogen) atoms. The molecule has 0 aliphatic rings. The molecule has 0 aliphatic heterocycles. The normalized spacial score (nSPS) is 10.8. The predicted octanol–water partition coefficient (Wildman–Crippen LogP) is 2.29. The van der Waals surface area contributed by atoms with Crippen LogP contribution in [0.4, 0.5) is 4.39 Å². The van der Waals surface area contributed by atoms with Gasteiger partial charge in [-0.2, -0.15) is 0 Å². The van der Waals surface area contributed by atoms with E-state index in [0.29, 0.717) is 13.1 Å². The molecule has 1 aromatic rings. The number of aromatic nitrogens is 1. The number of rotatable bonds is 6. The average Bonchev–Trinajstić information content (AvgIpc) is 2.36. The Kier molecular flexibility index (Phi) is 6.18. The van der Waals surface area contributed by atoms with Crippen LogP contribution in [-0.2, 0) is 0 Å². The fourth-order valence-corrected chi connectivity index (χ4v) is 1.83. The van der Waals surface area contributed by atoms with Crippen molar-refractivity contribution in [3.05, 3.63) is 28.8 Å². The van der Waals surface area contributed by atoms with Crippen LogP contribution < -0.4 is 0 Å². The second kappa shape index (κ2) is 7.40. The van der Waals surface area contributed by atoms with Gasteiger partial charge in [0.1, 0.15) is 11.0 Å². The molecule has 1 rings (SSSR count). The van der Waals surface area contributed by atoms with Crippen molar-refractivity contribution in [2.75, 3.05) is 33.7 Å². The van der Waals surface area contributed by atoms with Crippen LogP contribution in [0.5, 0.6) is 0 Å². The van der Waals surface area contributed by atoms with Crippen LogP contribution in [0.25, 0.3) is 0 Å². The maximum atomic E-state index is 13.2. The van der Waals surface area contributed by atoms with Gasteiger partial charge in [-0.25, -0.2) is 9.37 Å². The van der Waals surface area contributed by atoms with Crippen LogP contribution >= 0.6 is 11.6 Å². The maximum Gasteiger partial charge on any atom is 0.257 e. The first kappa shape index (κ1) is 15.9. The van der Waals surface area contributed by atoms with E-state index in [1.54, 1.807) is 4.90 Å². The standard InChI is InChI=1S/C13H19ClFN3O/c1-4-5-18(7-6-17(2)3)13(19)11-8-10(15)9-16-12(11)14/h8-9H,4-7H2,1-3H3. The molecule has 4 nitrogen and oxygen atoms in total. The van der Waals surface area contributed by atoms with E-state index in [-0.39, 0.29) is 16.6 Å². The van der Waals surface area contributed by atoms with E-state index in [1.165, 1.54) is 0 Å². The molecule has 0 aromatic carbocycles. The van der Waals surface area contributed by atoms with Gasteiger partial charge in [0.05, 0.1) is 11.8 Å². The van der Waals surface area contributed by atoms with Gasteiger partial charge >= 0.3 is 0 Å². The summed E-state index contributed by atoms with van der Waals surface area (Å²) in [5.41, 5.74) is 0.119. The summed E-state index contributed by atoms with van der Waals surface area (Å²) in [4.78, 5) is 19.7. The molecule has 0 spiro atoms. The van der Waals surface area contributed by atoms with Gasteiger partial charge in [0, 0.05) is 19.6 Å². The smallest absolute Gasteiger partial charge is 0.257 e. The quantitative estimate of drug-likeness (QED) is 0.753. The highest BCUT2D eigenvalue weighted by Crippen LogP contribution is 2.16. The number of carbonyl (C=O) groups excluding carboxylic acids is 1. The van der Waals surface area contributed by atoms with Crippen LogP contribution in [0.3, 0.4) is 0 Å². The van der Waals surface area contributed by atoms with Crippen LogP contribution in [0.15, 0.2) is 12.3 Å². The van der Waals surface area contributed by atoms with Gasteiger partial charge in [-0.1, -0.05) is 18.5 Å². The number of halogens is 2. The molecule has 0 fully saturated rings. The monoisotopic (exact) mass is 287 g/mol. The summed E-state index contributed by atoms with van der Waals surface area (Å²) in [6, 6.07) is 1.13. The van der Waals surface area contributed by atoms with E-state index in [0.717, 1.165) is 25.2 Å². The Morgan fingerprint density at radius 2 is 2.05 bits per heavy atom. The first-order valence-corrected chi connectivity index (χ1v) is 6.58. The van der Waals surface area contributed by atoms with Crippen molar-refractivity contribution in [3.63, 3.8) is 0 Å². The van der Waals surface area contributed by atoms with E-state index in [9.17, 15) is 9.18 Å². The lowest BCUT2D eigenvalue weighted by Crippen LogP contribution is -2.37. The summed E-state index contributed by atoms with van der Waals surface area (Å²) >= 11 is 5.86. The molecule has 0 N–H and O–H groups in total. The SMILES string of the molecule is CCCN(CCN(C)C)C(=O)c1cc(F)cnc1Cl. The second-order valence-electron chi connectivity index (χ2n) is 4.59. The van der Waals surface area contributed by atoms with E-state index >= 15 is 0 Å². The molecule has 0 unspecified atom stereocenters. The first-order valence-electron chi connectivity index (χ1n) is 6.20. The average molecular weight is 288 g/mol. The van der Waals surface area contributed by atoms with Gasteiger partial charge < -0.3 is 9.80 Å². The fraction of sp³-hybridized carbons (Fsp3) is 0.538. The minimum atomic E-state index is -0.559. The lowest BCUT2D eigenvalue weighted by atomic mass is 10.2. The highest BCUT2D eigenvalue weighted by molar-refractivity contribution is 6.32. The highest BCUT2D eigenvalue weighted by atomic mass is 35.5. The predicted molar refractivity (Wildman–Crippen MR) is 74.0 cm³/mol. The number of hydrogen-bond donors (Lipinski definition) is 0. The Hall–Kier alpha value is -1.20. The Bertz CT molecular complexity index is 440. The summed E-state index contributed by atoms with van der Waals surface area (Å²) in [5, 5.41) is 0.0392. The minimum Gasteiger partial charge on any atom is -0.337 e. The zero-order valence-electron chi connectivity index (χ0n) is 11.5. The summed E-state index contributed by atoms with van der Waals surface area (Å²) in [5.74, 6) is -0.836.